The van der Waals surface area contributed by atoms with Crippen molar-refractivity contribution in [3.8, 4) is 11.3 Å². The van der Waals surface area contributed by atoms with Crippen LogP contribution in [0.2, 0.25) is 0 Å². The first-order valence-corrected chi connectivity index (χ1v) is 15.0. The van der Waals surface area contributed by atoms with Crippen LogP contribution >= 0.6 is 23.1 Å². The maximum absolute atomic E-state index is 13.0. The number of amides is 2. The quantitative estimate of drug-likeness (QED) is 0.117. The van der Waals surface area contributed by atoms with Gasteiger partial charge in [0.05, 0.1) is 27.3 Å². The Bertz CT molecular complexity index is 1690. The number of benzene rings is 2. The van der Waals surface area contributed by atoms with Crippen LogP contribution in [0.3, 0.4) is 0 Å². The number of thioether (sulfide) groups is 1. The Morgan fingerprint density at radius 3 is 2.53 bits per heavy atom. The molecule has 2 aromatic heterocycles. The average Bonchev–Trinajstić information content (AvgIpc) is 3.61. The molecule has 0 saturated heterocycles. The molecule has 2 aromatic carbocycles. The number of nitro groups is 2. The third kappa shape index (κ3) is 7.39. The minimum atomic E-state index is -0.560. The summed E-state index contributed by atoms with van der Waals surface area (Å²) in [6.45, 7) is 7.84. The number of carbonyl (C=O) groups excluding carboxylic acids is 2. The van der Waals surface area contributed by atoms with Crippen LogP contribution in [-0.4, -0.2) is 47.2 Å². The molecular weight excluding hydrogens is 596 g/mol. The fourth-order valence-electron chi connectivity index (χ4n) is 4.16. The zero-order chi connectivity index (χ0) is 31.3. The molecule has 16 heteroatoms. The van der Waals surface area contributed by atoms with Gasteiger partial charge >= 0.3 is 0 Å². The summed E-state index contributed by atoms with van der Waals surface area (Å²) in [5, 5.41) is 39.2. The van der Waals surface area contributed by atoms with Crippen molar-refractivity contribution in [1.82, 2.24) is 25.1 Å². The van der Waals surface area contributed by atoms with Gasteiger partial charge in [-0.15, -0.1) is 21.5 Å². The molecule has 0 spiro atoms. The van der Waals surface area contributed by atoms with E-state index in [2.05, 4.69) is 25.8 Å². The molecule has 0 saturated carbocycles. The van der Waals surface area contributed by atoms with E-state index in [9.17, 15) is 29.8 Å². The summed E-state index contributed by atoms with van der Waals surface area (Å²) >= 11 is 2.38. The highest BCUT2D eigenvalue weighted by Crippen LogP contribution is 2.30. The van der Waals surface area contributed by atoms with Gasteiger partial charge in [0.2, 0.25) is 5.91 Å². The minimum absolute atomic E-state index is 0.00444. The number of nitro benzene ring substituents is 2. The van der Waals surface area contributed by atoms with Gasteiger partial charge in [-0.1, -0.05) is 43.8 Å². The van der Waals surface area contributed by atoms with Crippen molar-refractivity contribution < 1.29 is 19.4 Å². The van der Waals surface area contributed by atoms with Gasteiger partial charge in [-0.2, -0.15) is 0 Å². The number of rotatable bonds is 12. The van der Waals surface area contributed by atoms with Crippen LogP contribution in [0, 0.1) is 33.1 Å². The highest BCUT2D eigenvalue weighted by molar-refractivity contribution is 7.99. The fourth-order valence-corrected chi connectivity index (χ4v) is 5.71. The molecule has 0 aliphatic heterocycles. The number of nitrogens with zero attached hydrogens (tertiary/aromatic N) is 6. The molecule has 0 radical (unpaired) electrons. The van der Waals surface area contributed by atoms with E-state index >= 15 is 0 Å². The van der Waals surface area contributed by atoms with E-state index in [0.29, 0.717) is 39.5 Å². The van der Waals surface area contributed by atoms with Crippen LogP contribution in [0.1, 0.15) is 48.6 Å². The number of anilines is 1. The molecule has 0 bridgehead atoms. The van der Waals surface area contributed by atoms with Crippen molar-refractivity contribution in [2.24, 2.45) is 5.92 Å². The highest BCUT2D eigenvalue weighted by atomic mass is 32.2. The van der Waals surface area contributed by atoms with Crippen LogP contribution in [0.15, 0.2) is 53.0 Å². The van der Waals surface area contributed by atoms with Crippen LogP contribution in [0.4, 0.5) is 16.5 Å². The van der Waals surface area contributed by atoms with E-state index in [0.717, 1.165) is 0 Å². The average molecular weight is 625 g/mol. The summed E-state index contributed by atoms with van der Waals surface area (Å²) in [4.78, 5) is 51.5. The predicted molar refractivity (Wildman–Crippen MR) is 162 cm³/mol. The number of hydrogen-bond acceptors (Lipinski definition) is 11. The predicted octanol–water partition coefficient (Wildman–Crippen LogP) is 5.40. The van der Waals surface area contributed by atoms with Crippen molar-refractivity contribution >= 4 is 51.4 Å². The van der Waals surface area contributed by atoms with E-state index in [1.165, 1.54) is 53.4 Å². The lowest BCUT2D eigenvalue weighted by Gasteiger charge is -2.22. The molecule has 0 aliphatic rings. The lowest BCUT2D eigenvalue weighted by atomic mass is 10.0. The van der Waals surface area contributed by atoms with Crippen molar-refractivity contribution in [3.05, 3.63) is 85.0 Å². The van der Waals surface area contributed by atoms with Crippen molar-refractivity contribution in [2.45, 2.75) is 45.4 Å². The van der Waals surface area contributed by atoms with E-state index in [-0.39, 0.29) is 34.5 Å². The molecule has 4 aromatic rings. The normalized spacial score (nSPS) is 11.7. The molecular formula is C27H28N8O6S2. The summed E-state index contributed by atoms with van der Waals surface area (Å²) in [6, 6.07) is 9.79. The first-order chi connectivity index (χ1) is 20.5. The molecule has 0 unspecified atom stereocenters. The number of carbonyl (C=O) groups is 2. The number of hydrogen-bond donors (Lipinski definition) is 2. The second-order valence-electron chi connectivity index (χ2n) is 9.72. The SMILES string of the molecule is CCn1c(SCC(=O)Nc2nc(-c3ccc(C)c([N+](=O)[O-])c3)cs2)nnc1[C@@H](NC(=O)c1cccc([N+](=O)[O-])c1)C(C)C. The van der Waals surface area contributed by atoms with Gasteiger partial charge in [-0.05, 0) is 25.8 Å². The number of non-ortho nitro benzene ring substituents is 1. The van der Waals surface area contributed by atoms with Gasteiger partial charge < -0.3 is 15.2 Å². The molecule has 0 aliphatic carbocycles. The molecule has 14 nitrogen and oxygen atoms in total. The zero-order valence-electron chi connectivity index (χ0n) is 23.6. The van der Waals surface area contributed by atoms with Crippen LogP contribution in [0.25, 0.3) is 11.3 Å². The molecule has 224 valence electrons. The van der Waals surface area contributed by atoms with Crippen LogP contribution in [-0.2, 0) is 11.3 Å². The molecule has 43 heavy (non-hydrogen) atoms. The van der Waals surface area contributed by atoms with Gasteiger partial charge in [-0.25, -0.2) is 4.98 Å². The van der Waals surface area contributed by atoms with Gasteiger partial charge in [0, 0.05) is 46.8 Å². The van der Waals surface area contributed by atoms with Gasteiger partial charge in [0.25, 0.3) is 17.3 Å². The van der Waals surface area contributed by atoms with Crippen molar-refractivity contribution in [2.75, 3.05) is 11.1 Å². The first-order valence-electron chi connectivity index (χ1n) is 13.1. The Hall–Kier alpha value is -4.70. The highest BCUT2D eigenvalue weighted by Gasteiger charge is 2.27. The van der Waals surface area contributed by atoms with Crippen molar-refractivity contribution in [3.63, 3.8) is 0 Å². The molecule has 2 N–H and O–H groups in total. The number of thiazole rings is 1. The maximum atomic E-state index is 13.0. The standard InChI is InChI=1S/C27H28N8O6S2/c1-5-33-24(23(15(2)3)30-25(37)18-7-6-8-19(11-18)34(38)39)31-32-27(33)43-14-22(36)29-26-28-20(13-42-26)17-10-9-16(4)21(12-17)35(40)41/h6-13,15,23H,5,14H2,1-4H3,(H,30,37)(H,28,29,36)/t23-/m0/s1. The zero-order valence-corrected chi connectivity index (χ0v) is 25.3. The van der Waals surface area contributed by atoms with Gasteiger partial charge in [0.15, 0.2) is 16.1 Å². The summed E-state index contributed by atoms with van der Waals surface area (Å²) in [6.07, 6.45) is 0. The monoisotopic (exact) mass is 624 g/mol. The largest absolute Gasteiger partial charge is 0.342 e. The number of aryl methyl sites for hydroxylation is 1. The Morgan fingerprint density at radius 2 is 1.86 bits per heavy atom. The Balaban J connectivity index is 1.42. The van der Waals surface area contributed by atoms with Crippen LogP contribution in [0.5, 0.6) is 0 Å². The summed E-state index contributed by atoms with van der Waals surface area (Å²) < 4.78 is 1.81. The van der Waals surface area contributed by atoms with Crippen LogP contribution < -0.4 is 10.6 Å². The van der Waals surface area contributed by atoms with Gasteiger partial charge in [0.1, 0.15) is 0 Å². The molecule has 2 heterocycles. The summed E-state index contributed by atoms with van der Waals surface area (Å²) in [7, 11) is 0. The van der Waals surface area contributed by atoms with E-state index in [1.807, 2.05) is 25.3 Å². The third-order valence-corrected chi connectivity index (χ3v) is 8.12. The third-order valence-electron chi connectivity index (χ3n) is 6.40. The van der Waals surface area contributed by atoms with E-state index in [1.54, 1.807) is 24.4 Å². The fraction of sp³-hybridized carbons (Fsp3) is 0.296. The van der Waals surface area contributed by atoms with Crippen molar-refractivity contribution in [1.29, 1.82) is 0 Å². The molecule has 2 amide bonds. The smallest absolute Gasteiger partial charge is 0.272 e. The molecule has 1 atom stereocenters. The maximum Gasteiger partial charge on any atom is 0.272 e. The first kappa shape index (κ1) is 31.2. The number of aromatic nitrogens is 4. The lowest BCUT2D eigenvalue weighted by Crippen LogP contribution is -2.33. The summed E-state index contributed by atoms with van der Waals surface area (Å²) in [5.41, 5.74) is 1.59. The Labute approximate surface area is 254 Å². The lowest BCUT2D eigenvalue weighted by molar-refractivity contribution is -0.385. The van der Waals surface area contributed by atoms with Gasteiger partial charge in [-0.3, -0.25) is 29.8 Å². The Kier molecular flexibility index (Phi) is 9.82. The summed E-state index contributed by atoms with van der Waals surface area (Å²) in [5.74, 6) is -0.393. The van der Waals surface area contributed by atoms with E-state index in [4.69, 9.17) is 0 Å². The second-order valence-corrected chi connectivity index (χ2v) is 11.5. The van der Waals surface area contributed by atoms with E-state index < -0.39 is 21.8 Å². The topological polar surface area (TPSA) is 188 Å². The minimum Gasteiger partial charge on any atom is -0.342 e. The second kappa shape index (κ2) is 13.5. The Morgan fingerprint density at radius 1 is 1.09 bits per heavy atom. The molecule has 0 fully saturated rings. The number of nitrogens with one attached hydrogen (secondary N) is 2. The molecule has 4 rings (SSSR count).